The van der Waals surface area contributed by atoms with Gasteiger partial charge in [0.15, 0.2) is 0 Å². The van der Waals surface area contributed by atoms with Crippen molar-refractivity contribution in [3.63, 3.8) is 0 Å². The minimum atomic E-state index is -0.204. The van der Waals surface area contributed by atoms with E-state index in [1.165, 1.54) is 14.0 Å². The van der Waals surface area contributed by atoms with E-state index in [0.717, 1.165) is 0 Å². The van der Waals surface area contributed by atoms with Crippen LogP contribution in [0.4, 0.5) is 11.4 Å². The van der Waals surface area contributed by atoms with E-state index in [9.17, 15) is 9.59 Å². The lowest BCUT2D eigenvalue weighted by Gasteiger charge is -2.12. The first-order valence-electron chi connectivity index (χ1n) is 5.47. The molecule has 0 radical (unpaired) electrons. The molecule has 0 fully saturated rings. The van der Waals surface area contributed by atoms with Crippen molar-refractivity contribution in [2.75, 3.05) is 31.3 Å². The van der Waals surface area contributed by atoms with Crippen LogP contribution >= 0.6 is 0 Å². The Morgan fingerprint density at radius 1 is 1.22 bits per heavy atom. The number of benzene rings is 1. The number of hydrogen-bond donors (Lipinski definition) is 3. The van der Waals surface area contributed by atoms with Crippen molar-refractivity contribution in [1.29, 1.82) is 0 Å². The lowest BCUT2D eigenvalue weighted by molar-refractivity contribution is -0.115. The summed E-state index contributed by atoms with van der Waals surface area (Å²) >= 11 is 0. The molecule has 1 aromatic rings. The van der Waals surface area contributed by atoms with Gasteiger partial charge >= 0.3 is 0 Å². The molecule has 0 aliphatic rings. The van der Waals surface area contributed by atoms with E-state index < -0.39 is 0 Å². The monoisotopic (exact) mass is 251 g/mol. The molecule has 98 valence electrons. The van der Waals surface area contributed by atoms with Crippen molar-refractivity contribution in [3.05, 3.63) is 18.2 Å². The summed E-state index contributed by atoms with van der Waals surface area (Å²) in [6.07, 6.45) is 0. The van der Waals surface area contributed by atoms with Crippen LogP contribution in [0.3, 0.4) is 0 Å². The number of ether oxygens (including phenoxy) is 1. The molecule has 0 saturated carbocycles. The van der Waals surface area contributed by atoms with Gasteiger partial charge in [-0.15, -0.1) is 0 Å². The topological polar surface area (TPSA) is 79.5 Å². The number of likely N-dealkylation sites (N-methyl/N-ethyl adjacent to an activating group) is 1. The minimum Gasteiger partial charge on any atom is -0.497 e. The minimum absolute atomic E-state index is 0.191. The summed E-state index contributed by atoms with van der Waals surface area (Å²) in [5, 5.41) is 8.08. The summed E-state index contributed by atoms with van der Waals surface area (Å²) in [4.78, 5) is 22.6. The highest BCUT2D eigenvalue weighted by atomic mass is 16.5. The van der Waals surface area contributed by atoms with Crippen LogP contribution in [0.2, 0.25) is 0 Å². The van der Waals surface area contributed by atoms with Gasteiger partial charge < -0.3 is 20.7 Å². The molecule has 1 rings (SSSR count). The average Bonchev–Trinajstić information content (AvgIpc) is 2.31. The second-order valence-corrected chi connectivity index (χ2v) is 3.67. The van der Waals surface area contributed by atoms with Gasteiger partial charge in [0.25, 0.3) is 0 Å². The molecule has 0 saturated heterocycles. The molecule has 18 heavy (non-hydrogen) atoms. The second-order valence-electron chi connectivity index (χ2n) is 3.67. The van der Waals surface area contributed by atoms with Crippen LogP contribution in [0.15, 0.2) is 18.2 Å². The van der Waals surface area contributed by atoms with Crippen LogP contribution in [0.5, 0.6) is 5.75 Å². The van der Waals surface area contributed by atoms with E-state index in [4.69, 9.17) is 4.74 Å². The van der Waals surface area contributed by atoms with Gasteiger partial charge in [0.1, 0.15) is 5.75 Å². The van der Waals surface area contributed by atoms with E-state index in [1.54, 1.807) is 25.2 Å². The number of hydrogen-bond acceptors (Lipinski definition) is 4. The number of anilines is 2. The predicted octanol–water partition coefficient (Wildman–Crippen LogP) is 0.811. The number of carbonyl (C=O) groups excluding carboxylic acids is 2. The van der Waals surface area contributed by atoms with Crippen molar-refractivity contribution in [1.82, 2.24) is 5.32 Å². The summed E-state index contributed by atoms with van der Waals surface area (Å²) in [7, 11) is 3.21. The number of amides is 2. The second kappa shape index (κ2) is 6.61. The van der Waals surface area contributed by atoms with Crippen LogP contribution < -0.4 is 20.7 Å². The Labute approximate surface area is 106 Å². The molecule has 0 atom stereocenters. The van der Waals surface area contributed by atoms with Gasteiger partial charge in [-0.25, -0.2) is 0 Å². The molecule has 3 N–H and O–H groups in total. The van der Waals surface area contributed by atoms with Crippen LogP contribution in [0.1, 0.15) is 6.92 Å². The molecule has 0 bridgehead atoms. The number of nitrogens with one attached hydrogen (secondary N) is 3. The number of methoxy groups -OCH3 is 1. The van der Waals surface area contributed by atoms with E-state index in [2.05, 4.69) is 16.0 Å². The summed E-state index contributed by atoms with van der Waals surface area (Å²) in [6, 6.07) is 5.03. The van der Waals surface area contributed by atoms with Crippen LogP contribution in [-0.4, -0.2) is 32.5 Å². The maximum absolute atomic E-state index is 11.5. The first-order chi connectivity index (χ1) is 8.56. The van der Waals surface area contributed by atoms with E-state index >= 15 is 0 Å². The lowest BCUT2D eigenvalue weighted by Crippen LogP contribution is -2.25. The molecule has 0 aliphatic heterocycles. The van der Waals surface area contributed by atoms with Crippen LogP contribution in [0.25, 0.3) is 0 Å². The van der Waals surface area contributed by atoms with Gasteiger partial charge in [0.05, 0.1) is 25.0 Å². The molecule has 0 spiro atoms. The Hall–Kier alpha value is -2.08. The van der Waals surface area contributed by atoms with Crippen LogP contribution in [0, 0.1) is 0 Å². The molecule has 2 amide bonds. The molecule has 0 unspecified atom stereocenters. The Kier molecular flexibility index (Phi) is 5.13. The first-order valence-corrected chi connectivity index (χ1v) is 5.47. The van der Waals surface area contributed by atoms with Gasteiger partial charge in [-0.1, -0.05) is 0 Å². The summed E-state index contributed by atoms with van der Waals surface area (Å²) in [5.74, 6) is 0.200. The predicted molar refractivity (Wildman–Crippen MR) is 69.9 cm³/mol. The Morgan fingerprint density at radius 3 is 2.50 bits per heavy atom. The SMILES string of the molecule is CNCC(=O)Nc1cc(OC)ccc1NC(C)=O. The van der Waals surface area contributed by atoms with E-state index in [0.29, 0.717) is 17.1 Å². The largest absolute Gasteiger partial charge is 0.497 e. The fraction of sp³-hybridized carbons (Fsp3) is 0.333. The quantitative estimate of drug-likeness (QED) is 0.723. The number of carbonyl (C=O) groups is 2. The molecule has 6 nitrogen and oxygen atoms in total. The molecule has 0 heterocycles. The highest BCUT2D eigenvalue weighted by Crippen LogP contribution is 2.26. The highest BCUT2D eigenvalue weighted by Gasteiger charge is 2.09. The standard InChI is InChI=1S/C12H17N3O3/c1-8(16)14-10-5-4-9(18-3)6-11(10)15-12(17)7-13-2/h4-6,13H,7H2,1-3H3,(H,14,16)(H,15,17). The van der Waals surface area contributed by atoms with Crippen molar-refractivity contribution in [2.24, 2.45) is 0 Å². The molecule has 1 aromatic carbocycles. The maximum Gasteiger partial charge on any atom is 0.238 e. The molecule has 6 heteroatoms. The molecule has 0 aliphatic carbocycles. The van der Waals surface area contributed by atoms with E-state index in [-0.39, 0.29) is 18.4 Å². The smallest absolute Gasteiger partial charge is 0.238 e. The third-order valence-electron chi connectivity index (χ3n) is 2.15. The Morgan fingerprint density at radius 2 is 1.94 bits per heavy atom. The summed E-state index contributed by atoms with van der Waals surface area (Å²) in [6.45, 7) is 1.60. The average molecular weight is 251 g/mol. The van der Waals surface area contributed by atoms with Gasteiger partial charge in [-0.3, -0.25) is 9.59 Å². The summed E-state index contributed by atoms with van der Waals surface area (Å²) in [5.41, 5.74) is 1.04. The maximum atomic E-state index is 11.5. The van der Waals surface area contributed by atoms with Gasteiger partial charge in [-0.05, 0) is 19.2 Å². The van der Waals surface area contributed by atoms with E-state index in [1.807, 2.05) is 0 Å². The Bertz CT molecular complexity index is 446. The van der Waals surface area contributed by atoms with Crippen LogP contribution in [-0.2, 0) is 9.59 Å². The summed E-state index contributed by atoms with van der Waals surface area (Å²) < 4.78 is 5.08. The van der Waals surface area contributed by atoms with Crippen molar-refractivity contribution < 1.29 is 14.3 Å². The first kappa shape index (κ1) is 14.0. The molecular weight excluding hydrogens is 234 g/mol. The zero-order valence-corrected chi connectivity index (χ0v) is 10.7. The van der Waals surface area contributed by atoms with Crippen molar-refractivity contribution >= 4 is 23.2 Å². The van der Waals surface area contributed by atoms with Gasteiger partial charge in [0, 0.05) is 13.0 Å². The van der Waals surface area contributed by atoms with Crippen molar-refractivity contribution in [2.45, 2.75) is 6.92 Å². The third kappa shape index (κ3) is 4.06. The zero-order chi connectivity index (χ0) is 13.5. The number of rotatable bonds is 5. The third-order valence-corrected chi connectivity index (χ3v) is 2.15. The molecule has 0 aromatic heterocycles. The lowest BCUT2D eigenvalue weighted by atomic mass is 10.2. The van der Waals surface area contributed by atoms with Gasteiger partial charge in [-0.2, -0.15) is 0 Å². The highest BCUT2D eigenvalue weighted by molar-refractivity contribution is 5.99. The fourth-order valence-electron chi connectivity index (χ4n) is 1.41. The van der Waals surface area contributed by atoms with Crippen molar-refractivity contribution in [3.8, 4) is 5.75 Å². The van der Waals surface area contributed by atoms with Gasteiger partial charge in [0.2, 0.25) is 11.8 Å². The molecular formula is C12H17N3O3. The fourth-order valence-corrected chi connectivity index (χ4v) is 1.41. The Balaban J connectivity index is 2.95. The normalized spacial score (nSPS) is 9.72. The zero-order valence-electron chi connectivity index (χ0n) is 10.7.